The van der Waals surface area contributed by atoms with Gasteiger partial charge in [0.15, 0.2) is 0 Å². The number of hydrogen-bond acceptors (Lipinski definition) is 2. The fourth-order valence-corrected chi connectivity index (χ4v) is 0.887. The van der Waals surface area contributed by atoms with Gasteiger partial charge in [-0.2, -0.15) is 0 Å². The largest absolute Gasteiger partial charge is 0.465 e. The smallest absolute Gasteiger partial charge is 0.284 e. The summed E-state index contributed by atoms with van der Waals surface area (Å²) in [6, 6.07) is 0.292. The number of nitrogens with zero attached hydrogens (tertiary/aromatic N) is 1. The quantitative estimate of drug-likeness (QED) is 0.542. The molecule has 0 spiro atoms. The molecule has 0 fully saturated rings. The van der Waals surface area contributed by atoms with Crippen LogP contribution in [-0.4, -0.2) is 30.6 Å². The Morgan fingerprint density at radius 1 is 1.23 bits per heavy atom. The lowest BCUT2D eigenvalue weighted by atomic mass is 9.99. The average molecular weight is 186 g/mol. The first-order valence-corrected chi connectivity index (χ1v) is 4.87. The summed E-state index contributed by atoms with van der Waals surface area (Å²) >= 11 is 0. The summed E-state index contributed by atoms with van der Waals surface area (Å²) in [5.74, 6) is 0. The number of hydrogen-bond donors (Lipinski definition) is 1. The van der Waals surface area contributed by atoms with Crippen LogP contribution in [0, 0.1) is 10.8 Å². The molecule has 0 aromatic heterocycles. The molecule has 78 valence electrons. The third-order valence-corrected chi connectivity index (χ3v) is 1.69. The Labute approximate surface area is 81.6 Å². The van der Waals surface area contributed by atoms with Crippen LogP contribution < -0.4 is 0 Å². The molecule has 0 aliphatic heterocycles. The maximum absolute atomic E-state index is 7.63. The molecular formula is C10H22N2O. The Hall–Kier alpha value is -0.730. The monoisotopic (exact) mass is 186 g/mol. The molecule has 3 heteroatoms. The van der Waals surface area contributed by atoms with Gasteiger partial charge in [-0.15, -0.1) is 0 Å². The lowest BCUT2D eigenvalue weighted by molar-refractivity contribution is 0.154. The molecule has 0 saturated heterocycles. The third-order valence-electron chi connectivity index (χ3n) is 1.69. The van der Waals surface area contributed by atoms with Crippen molar-refractivity contribution >= 4 is 6.02 Å². The van der Waals surface area contributed by atoms with Crippen LogP contribution in [0.2, 0.25) is 0 Å². The first kappa shape index (κ1) is 12.3. The predicted octanol–water partition coefficient (Wildman–Crippen LogP) is 2.33. The minimum atomic E-state index is 0.124. The van der Waals surface area contributed by atoms with E-state index in [2.05, 4.69) is 20.8 Å². The molecule has 0 amide bonds. The average Bonchev–Trinajstić information content (AvgIpc) is 2.02. The summed E-state index contributed by atoms with van der Waals surface area (Å²) in [5, 5.41) is 7.63. The first-order chi connectivity index (χ1) is 5.90. The Morgan fingerprint density at radius 2 is 1.69 bits per heavy atom. The second kappa shape index (κ2) is 5.10. The fraction of sp³-hybridized carbons (Fsp3) is 0.900. The van der Waals surface area contributed by atoms with Crippen LogP contribution in [0.3, 0.4) is 0 Å². The maximum Gasteiger partial charge on any atom is 0.284 e. The topological polar surface area (TPSA) is 36.3 Å². The van der Waals surface area contributed by atoms with E-state index in [1.165, 1.54) is 0 Å². The summed E-state index contributed by atoms with van der Waals surface area (Å²) in [5.41, 5.74) is 0.124. The van der Waals surface area contributed by atoms with E-state index in [-0.39, 0.29) is 5.41 Å². The van der Waals surface area contributed by atoms with E-state index in [0.29, 0.717) is 12.6 Å². The van der Waals surface area contributed by atoms with Gasteiger partial charge in [-0.3, -0.25) is 5.41 Å². The van der Waals surface area contributed by atoms with Crippen LogP contribution >= 0.6 is 0 Å². The van der Waals surface area contributed by atoms with Gasteiger partial charge in [-0.05, 0) is 19.3 Å². The zero-order chi connectivity index (χ0) is 10.5. The van der Waals surface area contributed by atoms with Crippen LogP contribution in [0.4, 0.5) is 0 Å². The van der Waals surface area contributed by atoms with Crippen molar-refractivity contribution in [1.29, 1.82) is 5.41 Å². The molecule has 0 unspecified atom stereocenters. The Bertz CT molecular complexity index is 157. The van der Waals surface area contributed by atoms with E-state index < -0.39 is 0 Å². The van der Waals surface area contributed by atoms with Crippen LogP contribution in [0.15, 0.2) is 0 Å². The first-order valence-electron chi connectivity index (χ1n) is 4.87. The molecular weight excluding hydrogens is 164 g/mol. The van der Waals surface area contributed by atoms with Gasteiger partial charge < -0.3 is 9.64 Å². The van der Waals surface area contributed by atoms with Crippen molar-refractivity contribution in [3.8, 4) is 0 Å². The normalized spacial score (nSPS) is 11.2. The molecule has 0 radical (unpaired) electrons. The Morgan fingerprint density at radius 3 is 2.00 bits per heavy atom. The van der Waals surface area contributed by atoms with Crippen molar-refractivity contribution in [3.05, 3.63) is 0 Å². The molecule has 0 aliphatic carbocycles. The third kappa shape index (κ3) is 5.50. The number of amidine groups is 1. The van der Waals surface area contributed by atoms with Gasteiger partial charge in [0.25, 0.3) is 6.02 Å². The molecule has 1 N–H and O–H groups in total. The molecule has 0 aliphatic rings. The molecule has 0 heterocycles. The second-order valence-electron chi connectivity index (χ2n) is 4.33. The highest BCUT2D eigenvalue weighted by Gasteiger charge is 2.14. The highest BCUT2D eigenvalue weighted by Crippen LogP contribution is 2.13. The molecule has 0 atom stereocenters. The Kier molecular flexibility index (Phi) is 4.81. The van der Waals surface area contributed by atoms with Crippen molar-refractivity contribution < 1.29 is 4.74 Å². The van der Waals surface area contributed by atoms with Gasteiger partial charge in [0.2, 0.25) is 0 Å². The van der Waals surface area contributed by atoms with E-state index >= 15 is 0 Å². The zero-order valence-electron chi connectivity index (χ0n) is 9.48. The van der Waals surface area contributed by atoms with Gasteiger partial charge in [0.05, 0.1) is 6.61 Å². The summed E-state index contributed by atoms with van der Waals surface area (Å²) in [7, 11) is 0. The van der Waals surface area contributed by atoms with Crippen molar-refractivity contribution in [2.75, 3.05) is 19.7 Å². The maximum atomic E-state index is 7.63. The van der Waals surface area contributed by atoms with E-state index in [0.717, 1.165) is 13.1 Å². The van der Waals surface area contributed by atoms with Gasteiger partial charge in [0, 0.05) is 13.1 Å². The van der Waals surface area contributed by atoms with E-state index in [1.54, 1.807) is 0 Å². The molecule has 0 saturated carbocycles. The van der Waals surface area contributed by atoms with Gasteiger partial charge >= 0.3 is 0 Å². The minimum absolute atomic E-state index is 0.124. The number of nitrogens with one attached hydrogen (secondary N) is 1. The van der Waals surface area contributed by atoms with Crippen LogP contribution in [0.25, 0.3) is 0 Å². The van der Waals surface area contributed by atoms with Gasteiger partial charge in [-0.1, -0.05) is 20.8 Å². The highest BCUT2D eigenvalue weighted by molar-refractivity contribution is 5.70. The predicted molar refractivity (Wildman–Crippen MR) is 56.1 cm³/mol. The molecule has 0 rings (SSSR count). The van der Waals surface area contributed by atoms with Crippen LogP contribution in [0.5, 0.6) is 0 Å². The van der Waals surface area contributed by atoms with E-state index in [9.17, 15) is 0 Å². The van der Waals surface area contributed by atoms with Gasteiger partial charge in [-0.25, -0.2) is 0 Å². The Balaban J connectivity index is 3.86. The van der Waals surface area contributed by atoms with Crippen molar-refractivity contribution in [1.82, 2.24) is 4.90 Å². The standard InChI is InChI=1S/C10H22N2O/c1-6-12(7-2)9(11)13-8-10(3,4)5/h11H,6-8H2,1-5H3. The number of rotatable bonds is 3. The molecule has 3 nitrogen and oxygen atoms in total. The SMILES string of the molecule is CCN(CC)C(=N)OCC(C)(C)C. The fourth-order valence-electron chi connectivity index (χ4n) is 0.887. The second-order valence-corrected chi connectivity index (χ2v) is 4.33. The van der Waals surface area contributed by atoms with Crippen molar-refractivity contribution in [2.24, 2.45) is 5.41 Å². The van der Waals surface area contributed by atoms with Crippen LogP contribution in [0.1, 0.15) is 34.6 Å². The molecule has 0 aromatic carbocycles. The molecule has 13 heavy (non-hydrogen) atoms. The highest BCUT2D eigenvalue weighted by atomic mass is 16.5. The summed E-state index contributed by atoms with van der Waals surface area (Å²) in [6.07, 6.45) is 0. The summed E-state index contributed by atoms with van der Waals surface area (Å²) in [6.45, 7) is 12.6. The van der Waals surface area contributed by atoms with Crippen molar-refractivity contribution in [2.45, 2.75) is 34.6 Å². The molecule has 0 aromatic rings. The van der Waals surface area contributed by atoms with Gasteiger partial charge in [0.1, 0.15) is 0 Å². The van der Waals surface area contributed by atoms with E-state index in [1.807, 2.05) is 18.7 Å². The minimum Gasteiger partial charge on any atom is -0.465 e. The zero-order valence-corrected chi connectivity index (χ0v) is 9.48. The lowest BCUT2D eigenvalue weighted by Crippen LogP contribution is -2.33. The summed E-state index contributed by atoms with van der Waals surface area (Å²) < 4.78 is 5.36. The lowest BCUT2D eigenvalue weighted by Gasteiger charge is -2.25. The molecule has 0 bridgehead atoms. The van der Waals surface area contributed by atoms with Crippen LogP contribution in [-0.2, 0) is 4.74 Å². The van der Waals surface area contributed by atoms with Crippen molar-refractivity contribution in [3.63, 3.8) is 0 Å². The number of ether oxygens (including phenoxy) is 1. The van der Waals surface area contributed by atoms with E-state index in [4.69, 9.17) is 10.1 Å². The summed E-state index contributed by atoms with van der Waals surface area (Å²) in [4.78, 5) is 1.89.